The molecule has 1 unspecified atom stereocenters. The number of rotatable bonds is 3. The number of carbonyl (C=O) groups is 2. The van der Waals surface area contributed by atoms with Crippen molar-refractivity contribution in [3.05, 3.63) is 30.3 Å². The number of hydrogen-bond donors (Lipinski definition) is 2. The van der Waals surface area contributed by atoms with Crippen LogP contribution in [0.25, 0.3) is 0 Å². The van der Waals surface area contributed by atoms with Crippen molar-refractivity contribution in [2.24, 2.45) is 5.73 Å². The van der Waals surface area contributed by atoms with Crippen LogP contribution < -0.4 is 11.2 Å². The van der Waals surface area contributed by atoms with Crippen LogP contribution in [-0.4, -0.2) is 41.5 Å². The second-order valence-corrected chi connectivity index (χ2v) is 4.56. The van der Waals surface area contributed by atoms with E-state index in [1.54, 1.807) is 7.05 Å². The number of urea groups is 1. The fourth-order valence-electron chi connectivity index (χ4n) is 2.27. The molecular formula is C13H18N4O2. The summed E-state index contributed by atoms with van der Waals surface area (Å²) < 4.78 is 0. The first-order valence-corrected chi connectivity index (χ1v) is 6.25. The molecule has 0 saturated carbocycles. The Bertz CT molecular complexity index is 463. The third-order valence-corrected chi connectivity index (χ3v) is 3.22. The summed E-state index contributed by atoms with van der Waals surface area (Å²) in [5.74, 6) is -0.153. The van der Waals surface area contributed by atoms with Gasteiger partial charge >= 0.3 is 6.03 Å². The summed E-state index contributed by atoms with van der Waals surface area (Å²) in [6.45, 7) is 0.547. The fraction of sp³-hybridized carbons (Fsp3) is 0.385. The second-order valence-electron chi connectivity index (χ2n) is 4.56. The van der Waals surface area contributed by atoms with Crippen LogP contribution in [0.1, 0.15) is 12.8 Å². The van der Waals surface area contributed by atoms with Gasteiger partial charge in [0, 0.05) is 13.6 Å². The summed E-state index contributed by atoms with van der Waals surface area (Å²) in [5.41, 5.74) is 9.08. The Morgan fingerprint density at radius 1 is 1.37 bits per heavy atom. The van der Waals surface area contributed by atoms with Gasteiger partial charge in [0.1, 0.15) is 6.04 Å². The van der Waals surface area contributed by atoms with Crippen molar-refractivity contribution in [3.8, 4) is 0 Å². The van der Waals surface area contributed by atoms with Crippen LogP contribution in [0.2, 0.25) is 0 Å². The molecule has 6 heteroatoms. The van der Waals surface area contributed by atoms with Crippen molar-refractivity contribution in [2.45, 2.75) is 18.9 Å². The minimum atomic E-state index is -0.538. The van der Waals surface area contributed by atoms with E-state index in [1.807, 2.05) is 30.3 Å². The van der Waals surface area contributed by atoms with Gasteiger partial charge in [-0.05, 0) is 25.0 Å². The third kappa shape index (κ3) is 2.96. The number of anilines is 1. The largest absolute Gasteiger partial charge is 0.351 e. The molecular weight excluding hydrogens is 244 g/mol. The summed E-state index contributed by atoms with van der Waals surface area (Å²) in [7, 11) is 1.65. The number of nitrogens with one attached hydrogen (secondary N) is 1. The lowest BCUT2D eigenvalue weighted by atomic mass is 10.2. The molecule has 1 fully saturated rings. The van der Waals surface area contributed by atoms with Gasteiger partial charge in [-0.2, -0.15) is 0 Å². The molecule has 102 valence electrons. The van der Waals surface area contributed by atoms with E-state index in [9.17, 15) is 9.59 Å². The molecule has 1 aliphatic rings. The first kappa shape index (κ1) is 13.2. The van der Waals surface area contributed by atoms with Gasteiger partial charge in [-0.1, -0.05) is 18.2 Å². The summed E-state index contributed by atoms with van der Waals surface area (Å²) in [6.07, 6.45) is 1.46. The Morgan fingerprint density at radius 3 is 2.68 bits per heavy atom. The van der Waals surface area contributed by atoms with E-state index < -0.39 is 12.1 Å². The summed E-state index contributed by atoms with van der Waals surface area (Å²) >= 11 is 0. The predicted octanol–water partition coefficient (Wildman–Crippen LogP) is 1.02. The Morgan fingerprint density at radius 2 is 2.05 bits per heavy atom. The smallest absolute Gasteiger partial charge is 0.315 e. The number of likely N-dealkylation sites (tertiary alicyclic amines) is 1. The SMILES string of the molecule is CN(Nc1ccccc1)C(=O)C1CCCN1C(N)=O. The molecule has 19 heavy (non-hydrogen) atoms. The van der Waals surface area contributed by atoms with E-state index in [-0.39, 0.29) is 5.91 Å². The van der Waals surface area contributed by atoms with Crippen LogP contribution in [0.3, 0.4) is 0 Å². The van der Waals surface area contributed by atoms with Crippen molar-refractivity contribution in [1.82, 2.24) is 9.91 Å². The van der Waals surface area contributed by atoms with Crippen LogP contribution in [-0.2, 0) is 4.79 Å². The van der Waals surface area contributed by atoms with Crippen molar-refractivity contribution in [1.29, 1.82) is 0 Å². The first-order valence-electron chi connectivity index (χ1n) is 6.25. The topological polar surface area (TPSA) is 78.7 Å². The molecule has 1 atom stereocenters. The summed E-state index contributed by atoms with van der Waals surface area (Å²) in [5, 5.41) is 1.40. The van der Waals surface area contributed by atoms with Gasteiger partial charge in [0.15, 0.2) is 0 Å². The number of nitrogens with two attached hydrogens (primary N) is 1. The van der Waals surface area contributed by atoms with Gasteiger partial charge in [0.2, 0.25) is 0 Å². The molecule has 0 aromatic heterocycles. The number of para-hydroxylation sites is 1. The predicted molar refractivity (Wildman–Crippen MR) is 72.1 cm³/mol. The maximum atomic E-state index is 12.3. The molecule has 3 N–H and O–H groups in total. The van der Waals surface area contributed by atoms with Crippen molar-refractivity contribution in [3.63, 3.8) is 0 Å². The number of likely N-dealkylation sites (N-methyl/N-ethyl adjacent to an activating group) is 1. The van der Waals surface area contributed by atoms with Crippen LogP contribution in [0.4, 0.5) is 10.5 Å². The average molecular weight is 262 g/mol. The zero-order valence-corrected chi connectivity index (χ0v) is 10.9. The number of hydrazine groups is 1. The average Bonchev–Trinajstić information content (AvgIpc) is 2.88. The van der Waals surface area contributed by atoms with Gasteiger partial charge in [0.05, 0.1) is 5.69 Å². The monoisotopic (exact) mass is 262 g/mol. The first-order chi connectivity index (χ1) is 9.09. The standard InChI is InChI=1S/C13H18N4O2/c1-16(15-10-6-3-2-4-7-10)12(18)11-8-5-9-17(11)13(14)19/h2-4,6-7,11,15H,5,8-9H2,1H3,(H2,14,19). The molecule has 1 aliphatic heterocycles. The summed E-state index contributed by atoms with van der Waals surface area (Å²) in [4.78, 5) is 25.0. The molecule has 1 aromatic rings. The minimum absolute atomic E-state index is 0.153. The van der Waals surface area contributed by atoms with Gasteiger partial charge in [-0.3, -0.25) is 15.2 Å². The quantitative estimate of drug-likeness (QED) is 0.798. The van der Waals surface area contributed by atoms with Crippen molar-refractivity contribution >= 4 is 17.6 Å². The van der Waals surface area contributed by atoms with E-state index in [0.29, 0.717) is 13.0 Å². The Kier molecular flexibility index (Phi) is 3.89. The van der Waals surface area contributed by atoms with E-state index in [0.717, 1.165) is 12.1 Å². The number of carbonyl (C=O) groups excluding carboxylic acids is 2. The van der Waals surface area contributed by atoms with Gasteiger partial charge in [0.25, 0.3) is 5.91 Å². The van der Waals surface area contributed by atoms with E-state index in [4.69, 9.17) is 5.73 Å². The van der Waals surface area contributed by atoms with Crippen LogP contribution in [0, 0.1) is 0 Å². The highest BCUT2D eigenvalue weighted by Gasteiger charge is 2.34. The number of nitrogens with zero attached hydrogens (tertiary/aromatic N) is 2. The molecule has 1 aromatic carbocycles. The van der Waals surface area contributed by atoms with Crippen LogP contribution in [0.5, 0.6) is 0 Å². The molecule has 2 rings (SSSR count). The maximum Gasteiger partial charge on any atom is 0.315 e. The fourth-order valence-corrected chi connectivity index (χ4v) is 2.27. The molecule has 6 nitrogen and oxygen atoms in total. The van der Waals surface area contributed by atoms with Crippen LogP contribution >= 0.6 is 0 Å². The zero-order valence-electron chi connectivity index (χ0n) is 10.9. The van der Waals surface area contributed by atoms with E-state index in [1.165, 1.54) is 9.91 Å². The highest BCUT2D eigenvalue weighted by molar-refractivity contribution is 5.87. The van der Waals surface area contributed by atoms with Crippen molar-refractivity contribution < 1.29 is 9.59 Å². The molecule has 1 heterocycles. The number of hydrogen-bond acceptors (Lipinski definition) is 3. The molecule has 0 bridgehead atoms. The molecule has 0 aliphatic carbocycles. The lowest BCUT2D eigenvalue weighted by molar-refractivity contribution is -0.132. The second kappa shape index (κ2) is 5.60. The maximum absolute atomic E-state index is 12.3. The normalized spacial score (nSPS) is 18.2. The highest BCUT2D eigenvalue weighted by Crippen LogP contribution is 2.19. The van der Waals surface area contributed by atoms with Gasteiger partial charge in [-0.15, -0.1) is 0 Å². The van der Waals surface area contributed by atoms with Gasteiger partial charge in [-0.25, -0.2) is 4.79 Å². The number of primary amides is 1. The van der Waals surface area contributed by atoms with E-state index in [2.05, 4.69) is 5.43 Å². The molecule has 0 spiro atoms. The van der Waals surface area contributed by atoms with Crippen LogP contribution in [0.15, 0.2) is 30.3 Å². The lowest BCUT2D eigenvalue weighted by Gasteiger charge is -2.27. The van der Waals surface area contributed by atoms with Crippen molar-refractivity contribution in [2.75, 3.05) is 19.0 Å². The Hall–Kier alpha value is -2.24. The molecule has 1 saturated heterocycles. The number of benzene rings is 1. The zero-order chi connectivity index (χ0) is 13.8. The number of amides is 3. The minimum Gasteiger partial charge on any atom is -0.351 e. The van der Waals surface area contributed by atoms with E-state index >= 15 is 0 Å². The highest BCUT2D eigenvalue weighted by atomic mass is 16.2. The van der Waals surface area contributed by atoms with Gasteiger partial charge < -0.3 is 10.6 Å². The lowest BCUT2D eigenvalue weighted by Crippen LogP contribution is -2.49. The molecule has 0 radical (unpaired) electrons. The Labute approximate surface area is 112 Å². The third-order valence-electron chi connectivity index (χ3n) is 3.22. The molecule has 3 amide bonds. The summed E-state index contributed by atoms with van der Waals surface area (Å²) in [6, 6.07) is 8.40. The Balaban J connectivity index is 2.01.